The molecule has 1 aromatic rings. The Labute approximate surface area is 103 Å². The van der Waals surface area contributed by atoms with E-state index in [0.717, 1.165) is 56.1 Å². The molecule has 0 spiro atoms. The zero-order valence-electron chi connectivity index (χ0n) is 10.9. The molecule has 3 nitrogen and oxygen atoms in total. The Bertz CT molecular complexity index is 355. The molecule has 3 heteroatoms. The van der Waals surface area contributed by atoms with E-state index < -0.39 is 0 Å². The zero-order chi connectivity index (χ0) is 12.7. The first-order valence-corrected chi connectivity index (χ1v) is 6.57. The second kappa shape index (κ2) is 7.28. The van der Waals surface area contributed by atoms with Crippen LogP contribution in [0.2, 0.25) is 0 Å². The van der Waals surface area contributed by atoms with E-state index in [0.29, 0.717) is 5.69 Å². The van der Waals surface area contributed by atoms with Crippen molar-refractivity contribution in [3.05, 3.63) is 22.5 Å². The summed E-state index contributed by atoms with van der Waals surface area (Å²) in [5, 5.41) is 9.33. The normalized spacial score (nSPS) is 10.8. The maximum atomic E-state index is 11.0. The lowest BCUT2D eigenvalue weighted by Crippen LogP contribution is -1.97. The van der Waals surface area contributed by atoms with Crippen LogP contribution in [0.4, 0.5) is 0 Å². The van der Waals surface area contributed by atoms with Gasteiger partial charge in [-0.25, -0.2) is 0 Å². The number of aliphatic hydroxyl groups excluding tert-OH is 1. The van der Waals surface area contributed by atoms with Crippen molar-refractivity contribution in [2.24, 2.45) is 0 Å². The van der Waals surface area contributed by atoms with Crippen LogP contribution in [0.15, 0.2) is 0 Å². The average molecular weight is 237 g/mol. The number of unbranched alkanes of at least 4 members (excludes halogenated alkanes) is 2. The van der Waals surface area contributed by atoms with Crippen molar-refractivity contribution in [1.29, 1.82) is 0 Å². The number of aldehydes is 1. The minimum absolute atomic E-state index is 0.00792. The maximum Gasteiger partial charge on any atom is 0.166 e. The van der Waals surface area contributed by atoms with Crippen molar-refractivity contribution in [3.63, 3.8) is 0 Å². The van der Waals surface area contributed by atoms with Crippen LogP contribution >= 0.6 is 0 Å². The fraction of sp³-hybridized carbons (Fsp3) is 0.643. The summed E-state index contributed by atoms with van der Waals surface area (Å²) in [4.78, 5) is 14.1. The Morgan fingerprint density at radius 3 is 2.18 bits per heavy atom. The number of aromatic nitrogens is 1. The second-order valence-electron chi connectivity index (χ2n) is 4.46. The molecule has 0 radical (unpaired) electrons. The molecular formula is C14H23NO2. The van der Waals surface area contributed by atoms with Gasteiger partial charge in [-0.2, -0.15) is 0 Å². The Morgan fingerprint density at radius 1 is 1.12 bits per heavy atom. The summed E-state index contributed by atoms with van der Waals surface area (Å²) in [5.41, 5.74) is 3.78. The van der Waals surface area contributed by atoms with Crippen molar-refractivity contribution in [1.82, 2.24) is 4.98 Å². The van der Waals surface area contributed by atoms with Gasteiger partial charge >= 0.3 is 0 Å². The highest BCUT2D eigenvalue weighted by molar-refractivity contribution is 5.76. The van der Waals surface area contributed by atoms with Gasteiger partial charge in [-0.05, 0) is 36.8 Å². The molecule has 0 saturated heterocycles. The lowest BCUT2D eigenvalue weighted by Gasteiger charge is -2.05. The summed E-state index contributed by atoms with van der Waals surface area (Å²) in [7, 11) is 0. The smallest absolute Gasteiger partial charge is 0.166 e. The van der Waals surface area contributed by atoms with Gasteiger partial charge in [0.25, 0.3) is 0 Å². The van der Waals surface area contributed by atoms with Gasteiger partial charge in [-0.1, -0.05) is 26.7 Å². The van der Waals surface area contributed by atoms with Gasteiger partial charge in [0.05, 0.1) is 12.3 Å². The molecule has 0 aliphatic heterocycles. The molecule has 0 unspecified atom stereocenters. The predicted molar refractivity (Wildman–Crippen MR) is 69.3 cm³/mol. The van der Waals surface area contributed by atoms with E-state index in [-0.39, 0.29) is 6.61 Å². The number of rotatable bonds is 8. The number of aromatic amines is 1. The highest BCUT2D eigenvalue weighted by Gasteiger charge is 2.15. The molecule has 0 fully saturated rings. The van der Waals surface area contributed by atoms with Gasteiger partial charge in [0.2, 0.25) is 0 Å². The van der Waals surface area contributed by atoms with Crippen molar-refractivity contribution < 1.29 is 9.90 Å². The van der Waals surface area contributed by atoms with Gasteiger partial charge in [-0.3, -0.25) is 4.79 Å². The molecule has 0 aliphatic rings. The molecule has 0 amide bonds. The molecule has 1 heterocycles. The summed E-state index contributed by atoms with van der Waals surface area (Å²) in [6, 6.07) is 0. The van der Waals surface area contributed by atoms with Gasteiger partial charge in [0, 0.05) is 5.69 Å². The average Bonchev–Trinajstić information content (AvgIpc) is 2.70. The van der Waals surface area contributed by atoms with Crippen molar-refractivity contribution in [2.45, 2.75) is 59.0 Å². The predicted octanol–water partition coefficient (Wildman–Crippen LogP) is 3.00. The fourth-order valence-electron chi connectivity index (χ4n) is 2.19. The quantitative estimate of drug-likeness (QED) is 0.683. The highest BCUT2D eigenvalue weighted by atomic mass is 16.3. The van der Waals surface area contributed by atoms with E-state index >= 15 is 0 Å². The molecule has 0 aromatic carbocycles. The molecule has 1 aromatic heterocycles. The second-order valence-corrected chi connectivity index (χ2v) is 4.46. The van der Waals surface area contributed by atoms with Crippen LogP contribution in [0.25, 0.3) is 0 Å². The first-order valence-electron chi connectivity index (χ1n) is 6.57. The first-order chi connectivity index (χ1) is 8.28. The molecule has 0 aliphatic carbocycles. The number of nitrogens with one attached hydrogen (secondary N) is 1. The Balaban J connectivity index is 3.00. The van der Waals surface area contributed by atoms with E-state index in [1.54, 1.807) is 0 Å². The van der Waals surface area contributed by atoms with E-state index in [9.17, 15) is 9.90 Å². The van der Waals surface area contributed by atoms with Gasteiger partial charge < -0.3 is 10.1 Å². The molecule has 0 bridgehead atoms. The third-order valence-electron chi connectivity index (χ3n) is 3.18. The Hall–Kier alpha value is -1.09. The van der Waals surface area contributed by atoms with Crippen LogP contribution in [0.5, 0.6) is 0 Å². The van der Waals surface area contributed by atoms with Crippen LogP contribution < -0.4 is 0 Å². The highest BCUT2D eigenvalue weighted by Crippen LogP contribution is 2.22. The monoisotopic (exact) mass is 237 g/mol. The van der Waals surface area contributed by atoms with Gasteiger partial charge in [0.1, 0.15) is 0 Å². The summed E-state index contributed by atoms with van der Waals surface area (Å²) < 4.78 is 0. The van der Waals surface area contributed by atoms with Crippen LogP contribution in [-0.4, -0.2) is 16.4 Å². The molecule has 2 N–H and O–H groups in total. The van der Waals surface area contributed by atoms with Crippen molar-refractivity contribution in [2.75, 3.05) is 0 Å². The number of H-pyrrole nitrogens is 1. The minimum atomic E-state index is -0.00792. The maximum absolute atomic E-state index is 11.0. The lowest BCUT2D eigenvalue weighted by molar-refractivity contribution is 0.111. The minimum Gasteiger partial charge on any atom is -0.390 e. The zero-order valence-corrected chi connectivity index (χ0v) is 10.9. The standard InChI is InChI=1S/C14H23NO2/c1-3-5-7-11-12(8-6-4-2)14(10-17)15-13(11)9-16/h9,15,17H,3-8,10H2,1-2H3. The summed E-state index contributed by atoms with van der Waals surface area (Å²) in [5.74, 6) is 0. The largest absolute Gasteiger partial charge is 0.390 e. The van der Waals surface area contributed by atoms with Crippen LogP contribution in [0.1, 0.15) is 66.8 Å². The number of carbonyl (C=O) groups excluding carboxylic acids is 1. The van der Waals surface area contributed by atoms with Crippen LogP contribution in [0.3, 0.4) is 0 Å². The van der Waals surface area contributed by atoms with Crippen molar-refractivity contribution in [3.8, 4) is 0 Å². The molecule has 0 atom stereocenters. The van der Waals surface area contributed by atoms with Gasteiger partial charge in [-0.15, -0.1) is 0 Å². The molecule has 0 saturated carbocycles. The molecular weight excluding hydrogens is 214 g/mol. The van der Waals surface area contributed by atoms with Gasteiger partial charge in [0.15, 0.2) is 6.29 Å². The summed E-state index contributed by atoms with van der Waals surface area (Å²) in [6.45, 7) is 4.29. The van der Waals surface area contributed by atoms with E-state index in [4.69, 9.17) is 0 Å². The molecule has 17 heavy (non-hydrogen) atoms. The van der Waals surface area contributed by atoms with E-state index in [2.05, 4.69) is 18.8 Å². The lowest BCUT2D eigenvalue weighted by atomic mass is 9.98. The van der Waals surface area contributed by atoms with Crippen LogP contribution in [0, 0.1) is 0 Å². The number of carbonyl (C=O) groups is 1. The third-order valence-corrected chi connectivity index (χ3v) is 3.18. The number of hydrogen-bond acceptors (Lipinski definition) is 2. The fourth-order valence-corrected chi connectivity index (χ4v) is 2.19. The Kier molecular flexibility index (Phi) is 5.98. The molecule has 1 rings (SSSR count). The third kappa shape index (κ3) is 3.43. The Morgan fingerprint density at radius 2 is 1.71 bits per heavy atom. The topological polar surface area (TPSA) is 53.1 Å². The van der Waals surface area contributed by atoms with Crippen LogP contribution in [-0.2, 0) is 19.4 Å². The summed E-state index contributed by atoms with van der Waals surface area (Å²) >= 11 is 0. The summed E-state index contributed by atoms with van der Waals surface area (Å²) in [6.07, 6.45) is 7.19. The van der Waals surface area contributed by atoms with E-state index in [1.807, 2.05) is 0 Å². The van der Waals surface area contributed by atoms with Crippen molar-refractivity contribution >= 4 is 6.29 Å². The molecule has 96 valence electrons. The number of aliphatic hydroxyl groups is 1. The SMILES string of the molecule is CCCCc1c(C=O)[nH]c(CO)c1CCCC. The van der Waals surface area contributed by atoms with E-state index in [1.165, 1.54) is 5.56 Å². The first kappa shape index (κ1) is 14.0. The number of hydrogen-bond donors (Lipinski definition) is 2.